The normalized spacial score (nSPS) is 9.95. The monoisotopic (exact) mass is 271 g/mol. The summed E-state index contributed by atoms with van der Waals surface area (Å²) in [6.07, 6.45) is 0. The van der Waals surface area contributed by atoms with Gasteiger partial charge in [0.05, 0.1) is 19.8 Å². The van der Waals surface area contributed by atoms with E-state index in [1.807, 2.05) is 0 Å². The fraction of sp³-hybridized carbons (Fsp3) is 0.125. The highest BCUT2D eigenvalue weighted by molar-refractivity contribution is 6.10. The van der Waals surface area contributed by atoms with Gasteiger partial charge in [0.15, 0.2) is 5.78 Å². The predicted molar refractivity (Wildman–Crippen MR) is 75.4 cm³/mol. The van der Waals surface area contributed by atoms with Gasteiger partial charge in [-0.05, 0) is 36.4 Å². The largest absolute Gasteiger partial charge is 0.497 e. The van der Waals surface area contributed by atoms with Crippen molar-refractivity contribution in [1.29, 1.82) is 0 Å². The van der Waals surface area contributed by atoms with Crippen molar-refractivity contribution in [2.45, 2.75) is 0 Å². The van der Waals surface area contributed by atoms with Gasteiger partial charge in [-0.15, -0.1) is 0 Å². The summed E-state index contributed by atoms with van der Waals surface area (Å²) in [6, 6.07) is 11.8. The minimum atomic E-state index is -0.125. The molecule has 0 spiro atoms. The van der Waals surface area contributed by atoms with E-state index in [4.69, 9.17) is 14.2 Å². The van der Waals surface area contributed by atoms with Gasteiger partial charge < -0.3 is 14.2 Å². The van der Waals surface area contributed by atoms with Crippen molar-refractivity contribution in [3.8, 4) is 17.2 Å². The molecule has 2 rings (SSSR count). The Morgan fingerprint density at radius 3 is 2.15 bits per heavy atom. The topological polar surface area (TPSA) is 44.8 Å². The summed E-state index contributed by atoms with van der Waals surface area (Å²) in [5, 5.41) is 0. The molecule has 0 heterocycles. The molecule has 0 bridgehead atoms. The average molecular weight is 271 g/mol. The number of rotatable bonds is 5. The summed E-state index contributed by atoms with van der Waals surface area (Å²) >= 11 is 0. The number of ether oxygens (including phenoxy) is 3. The smallest absolute Gasteiger partial charge is 0.196 e. The van der Waals surface area contributed by atoms with Gasteiger partial charge in [-0.3, -0.25) is 4.79 Å². The zero-order valence-electron chi connectivity index (χ0n) is 11.4. The Balaban J connectivity index is 2.36. The summed E-state index contributed by atoms with van der Waals surface area (Å²) in [6.45, 7) is 0. The molecule has 20 heavy (non-hydrogen) atoms. The van der Waals surface area contributed by atoms with Crippen molar-refractivity contribution in [1.82, 2.24) is 0 Å². The molecule has 0 aliphatic rings. The highest BCUT2D eigenvalue weighted by atomic mass is 16.5. The van der Waals surface area contributed by atoms with E-state index in [-0.39, 0.29) is 5.78 Å². The summed E-state index contributed by atoms with van der Waals surface area (Å²) in [4.78, 5) is 12.4. The van der Waals surface area contributed by atoms with Crippen LogP contribution in [0.4, 0.5) is 0 Å². The van der Waals surface area contributed by atoms with Crippen molar-refractivity contribution < 1.29 is 19.0 Å². The van der Waals surface area contributed by atoms with E-state index in [2.05, 4.69) is 7.11 Å². The second-order valence-electron chi connectivity index (χ2n) is 4.06. The molecule has 2 aromatic carbocycles. The molecular weight excluding hydrogens is 256 g/mol. The van der Waals surface area contributed by atoms with Crippen LogP contribution in [0.2, 0.25) is 0 Å². The molecule has 2 aromatic rings. The summed E-state index contributed by atoms with van der Waals surface area (Å²) in [5.41, 5.74) is 1.03. The maximum absolute atomic E-state index is 12.4. The molecule has 0 atom stereocenters. The second kappa shape index (κ2) is 6.10. The first-order valence-electron chi connectivity index (χ1n) is 5.98. The van der Waals surface area contributed by atoms with Crippen LogP contribution in [-0.2, 0) is 0 Å². The summed E-state index contributed by atoms with van der Waals surface area (Å²) < 4.78 is 15.2. The standard InChI is InChI=1S/C16H15O4/c1-18-12-6-4-11(5-7-12)16(17)14-9-8-13(19-2)10-15(14)20-3/h4-10H,1H2,2-3H3. The van der Waals surface area contributed by atoms with Crippen LogP contribution in [0, 0.1) is 7.11 Å². The zero-order chi connectivity index (χ0) is 14.5. The highest BCUT2D eigenvalue weighted by Crippen LogP contribution is 2.27. The molecule has 0 saturated carbocycles. The maximum atomic E-state index is 12.4. The van der Waals surface area contributed by atoms with Crippen molar-refractivity contribution in [3.63, 3.8) is 0 Å². The van der Waals surface area contributed by atoms with E-state index in [9.17, 15) is 4.79 Å². The molecule has 4 nitrogen and oxygen atoms in total. The van der Waals surface area contributed by atoms with Gasteiger partial charge in [-0.1, -0.05) is 0 Å². The summed E-state index contributed by atoms with van der Waals surface area (Å²) in [7, 11) is 6.40. The number of benzene rings is 2. The van der Waals surface area contributed by atoms with E-state index in [0.29, 0.717) is 28.4 Å². The number of carbonyl (C=O) groups is 1. The minimum absolute atomic E-state index is 0.125. The Morgan fingerprint density at radius 2 is 1.60 bits per heavy atom. The Hall–Kier alpha value is -2.49. The fourth-order valence-electron chi connectivity index (χ4n) is 1.84. The molecule has 0 fully saturated rings. The van der Waals surface area contributed by atoms with Crippen molar-refractivity contribution >= 4 is 5.78 Å². The van der Waals surface area contributed by atoms with E-state index in [0.717, 1.165) is 0 Å². The highest BCUT2D eigenvalue weighted by Gasteiger charge is 2.15. The van der Waals surface area contributed by atoms with Crippen molar-refractivity contribution in [2.75, 3.05) is 14.2 Å². The van der Waals surface area contributed by atoms with Crippen LogP contribution in [0.15, 0.2) is 42.5 Å². The first-order chi connectivity index (χ1) is 9.69. The van der Waals surface area contributed by atoms with Gasteiger partial charge in [-0.2, -0.15) is 0 Å². The third-order valence-electron chi connectivity index (χ3n) is 2.94. The lowest BCUT2D eigenvalue weighted by molar-refractivity contribution is 0.103. The van der Waals surface area contributed by atoms with Gasteiger partial charge in [-0.25, -0.2) is 0 Å². The molecule has 0 unspecified atom stereocenters. The van der Waals surface area contributed by atoms with Crippen LogP contribution in [0.25, 0.3) is 0 Å². The molecule has 0 aromatic heterocycles. The first-order valence-corrected chi connectivity index (χ1v) is 5.98. The maximum Gasteiger partial charge on any atom is 0.196 e. The Kier molecular flexibility index (Phi) is 4.25. The number of hydrogen-bond donors (Lipinski definition) is 0. The number of ketones is 1. The van der Waals surface area contributed by atoms with Crippen LogP contribution >= 0.6 is 0 Å². The first kappa shape index (κ1) is 13.9. The number of methoxy groups -OCH3 is 2. The number of hydrogen-bond acceptors (Lipinski definition) is 4. The second-order valence-corrected chi connectivity index (χ2v) is 4.06. The minimum Gasteiger partial charge on any atom is -0.497 e. The molecule has 0 aliphatic carbocycles. The van der Waals surface area contributed by atoms with Gasteiger partial charge in [0.1, 0.15) is 24.4 Å². The van der Waals surface area contributed by atoms with Crippen molar-refractivity contribution in [2.24, 2.45) is 0 Å². The van der Waals surface area contributed by atoms with E-state index in [1.54, 1.807) is 49.6 Å². The van der Waals surface area contributed by atoms with E-state index < -0.39 is 0 Å². The van der Waals surface area contributed by atoms with Gasteiger partial charge in [0.2, 0.25) is 0 Å². The quantitative estimate of drug-likeness (QED) is 0.784. The van der Waals surface area contributed by atoms with Crippen LogP contribution in [-0.4, -0.2) is 20.0 Å². The molecular formula is C16H15O4. The molecule has 103 valence electrons. The third kappa shape index (κ3) is 2.74. The van der Waals surface area contributed by atoms with Gasteiger partial charge in [0.25, 0.3) is 0 Å². The van der Waals surface area contributed by atoms with E-state index in [1.165, 1.54) is 7.11 Å². The molecule has 0 saturated heterocycles. The van der Waals surface area contributed by atoms with Gasteiger partial charge >= 0.3 is 0 Å². The third-order valence-corrected chi connectivity index (χ3v) is 2.94. The van der Waals surface area contributed by atoms with E-state index >= 15 is 0 Å². The molecule has 1 radical (unpaired) electrons. The number of carbonyl (C=O) groups excluding carboxylic acids is 1. The van der Waals surface area contributed by atoms with Crippen LogP contribution in [0.3, 0.4) is 0 Å². The van der Waals surface area contributed by atoms with Gasteiger partial charge in [0, 0.05) is 11.6 Å². The molecule has 0 amide bonds. The SMILES string of the molecule is [CH2]Oc1ccc(C(=O)c2ccc(OC)cc2OC)cc1. The van der Waals surface area contributed by atoms with Crippen molar-refractivity contribution in [3.05, 3.63) is 60.7 Å². The predicted octanol–water partition coefficient (Wildman–Crippen LogP) is 3.11. The summed E-state index contributed by atoms with van der Waals surface area (Å²) in [5.74, 6) is 1.59. The lowest BCUT2D eigenvalue weighted by Crippen LogP contribution is -2.04. The van der Waals surface area contributed by atoms with Crippen LogP contribution in [0.1, 0.15) is 15.9 Å². The average Bonchev–Trinajstić information content (AvgIpc) is 2.53. The molecule has 0 N–H and O–H groups in total. The van der Waals surface area contributed by atoms with Crippen LogP contribution < -0.4 is 14.2 Å². The zero-order valence-corrected chi connectivity index (χ0v) is 11.4. The lowest BCUT2D eigenvalue weighted by atomic mass is 10.0. The fourth-order valence-corrected chi connectivity index (χ4v) is 1.84. The Labute approximate surface area is 117 Å². The molecule has 0 aliphatic heterocycles. The lowest BCUT2D eigenvalue weighted by Gasteiger charge is -2.10. The Bertz CT molecular complexity index is 602. The van der Waals surface area contributed by atoms with Crippen LogP contribution in [0.5, 0.6) is 17.2 Å². The Morgan fingerprint density at radius 1 is 0.950 bits per heavy atom. The molecule has 4 heteroatoms.